The van der Waals surface area contributed by atoms with Gasteiger partial charge in [0.15, 0.2) is 0 Å². The van der Waals surface area contributed by atoms with E-state index in [0.717, 1.165) is 24.9 Å². The van der Waals surface area contributed by atoms with Gasteiger partial charge in [0, 0.05) is 19.1 Å². The maximum Gasteiger partial charge on any atom is 0.317 e. The average Bonchev–Trinajstić information content (AvgIpc) is 2.58. The SMILES string of the molecule is CC1CCCCC1NC(=O)N1CC=C(c2ccc(O)cc2)CC1. The molecular weight excluding hydrogens is 288 g/mol. The third-order valence-corrected chi connectivity index (χ3v) is 5.15. The zero-order valence-electron chi connectivity index (χ0n) is 13.8. The van der Waals surface area contributed by atoms with Crippen molar-refractivity contribution in [2.24, 2.45) is 5.92 Å². The average molecular weight is 314 g/mol. The molecule has 0 bridgehead atoms. The molecule has 2 atom stereocenters. The van der Waals surface area contributed by atoms with E-state index in [1.54, 1.807) is 12.1 Å². The molecule has 2 N–H and O–H groups in total. The molecule has 1 heterocycles. The van der Waals surface area contributed by atoms with Crippen LogP contribution in [-0.4, -0.2) is 35.2 Å². The van der Waals surface area contributed by atoms with E-state index < -0.39 is 0 Å². The van der Waals surface area contributed by atoms with Gasteiger partial charge in [-0.05, 0) is 48.4 Å². The summed E-state index contributed by atoms with van der Waals surface area (Å²) < 4.78 is 0. The Kier molecular flexibility index (Phi) is 4.89. The van der Waals surface area contributed by atoms with E-state index in [1.807, 2.05) is 17.0 Å². The highest BCUT2D eigenvalue weighted by Crippen LogP contribution is 2.26. The third kappa shape index (κ3) is 3.87. The number of aromatic hydroxyl groups is 1. The number of phenolic OH excluding ortho intramolecular Hbond substituents is 1. The zero-order valence-corrected chi connectivity index (χ0v) is 13.8. The van der Waals surface area contributed by atoms with Gasteiger partial charge in [-0.25, -0.2) is 4.79 Å². The van der Waals surface area contributed by atoms with E-state index in [1.165, 1.54) is 24.8 Å². The number of nitrogens with one attached hydrogen (secondary N) is 1. The number of rotatable bonds is 2. The molecule has 1 saturated carbocycles. The van der Waals surface area contributed by atoms with Crippen LogP contribution in [0.5, 0.6) is 5.75 Å². The summed E-state index contributed by atoms with van der Waals surface area (Å²) in [6, 6.07) is 7.68. The van der Waals surface area contributed by atoms with Crippen molar-refractivity contribution >= 4 is 11.6 Å². The van der Waals surface area contributed by atoms with Crippen LogP contribution in [0.25, 0.3) is 5.57 Å². The van der Waals surface area contributed by atoms with Crippen molar-refractivity contribution in [1.29, 1.82) is 0 Å². The molecule has 3 rings (SSSR count). The summed E-state index contributed by atoms with van der Waals surface area (Å²) in [6.45, 7) is 3.64. The Bertz CT molecular complexity index is 580. The number of nitrogens with zero attached hydrogens (tertiary/aromatic N) is 1. The van der Waals surface area contributed by atoms with Gasteiger partial charge in [-0.2, -0.15) is 0 Å². The second kappa shape index (κ2) is 7.07. The molecule has 1 aliphatic carbocycles. The fourth-order valence-corrected chi connectivity index (χ4v) is 3.57. The number of amides is 2. The predicted molar refractivity (Wildman–Crippen MR) is 92.2 cm³/mol. The summed E-state index contributed by atoms with van der Waals surface area (Å²) in [5.74, 6) is 0.869. The number of carbonyl (C=O) groups excluding carboxylic acids is 1. The first-order valence-corrected chi connectivity index (χ1v) is 8.67. The molecule has 2 unspecified atom stereocenters. The van der Waals surface area contributed by atoms with Gasteiger partial charge in [0.1, 0.15) is 5.75 Å². The zero-order chi connectivity index (χ0) is 16.2. The Morgan fingerprint density at radius 2 is 1.96 bits per heavy atom. The molecule has 0 saturated heterocycles. The number of benzene rings is 1. The highest BCUT2D eigenvalue weighted by molar-refractivity contribution is 5.77. The van der Waals surface area contributed by atoms with E-state index >= 15 is 0 Å². The van der Waals surface area contributed by atoms with Crippen LogP contribution in [0.4, 0.5) is 4.79 Å². The minimum absolute atomic E-state index is 0.0738. The smallest absolute Gasteiger partial charge is 0.317 e. The second-order valence-electron chi connectivity index (χ2n) is 6.79. The molecule has 1 aliphatic heterocycles. The highest BCUT2D eigenvalue weighted by atomic mass is 16.3. The van der Waals surface area contributed by atoms with Crippen LogP contribution < -0.4 is 5.32 Å². The molecule has 0 radical (unpaired) electrons. The molecule has 0 aromatic heterocycles. The first-order chi connectivity index (χ1) is 11.1. The monoisotopic (exact) mass is 314 g/mol. The van der Waals surface area contributed by atoms with Crippen molar-refractivity contribution in [3.05, 3.63) is 35.9 Å². The summed E-state index contributed by atoms with van der Waals surface area (Å²) >= 11 is 0. The van der Waals surface area contributed by atoms with Crippen LogP contribution in [0.2, 0.25) is 0 Å². The van der Waals surface area contributed by atoms with Gasteiger partial charge in [0.05, 0.1) is 0 Å². The fraction of sp³-hybridized carbons (Fsp3) is 0.526. The molecular formula is C19H26N2O2. The molecule has 124 valence electrons. The van der Waals surface area contributed by atoms with Crippen molar-refractivity contribution in [2.45, 2.75) is 45.1 Å². The number of hydrogen-bond acceptors (Lipinski definition) is 2. The van der Waals surface area contributed by atoms with E-state index in [2.05, 4.69) is 18.3 Å². The molecule has 2 amide bonds. The molecule has 1 aromatic rings. The topological polar surface area (TPSA) is 52.6 Å². The van der Waals surface area contributed by atoms with Crippen LogP contribution in [0.1, 0.15) is 44.6 Å². The van der Waals surface area contributed by atoms with E-state index in [4.69, 9.17) is 0 Å². The maximum absolute atomic E-state index is 12.5. The fourth-order valence-electron chi connectivity index (χ4n) is 3.57. The van der Waals surface area contributed by atoms with Gasteiger partial charge in [-0.1, -0.05) is 38.0 Å². The Balaban J connectivity index is 1.57. The molecule has 4 nitrogen and oxygen atoms in total. The quantitative estimate of drug-likeness (QED) is 0.873. The third-order valence-electron chi connectivity index (χ3n) is 5.15. The van der Waals surface area contributed by atoms with Crippen LogP contribution in [0.15, 0.2) is 30.3 Å². The summed E-state index contributed by atoms with van der Waals surface area (Å²) in [5.41, 5.74) is 2.38. The predicted octanol–water partition coefficient (Wildman–Crippen LogP) is 3.77. The minimum Gasteiger partial charge on any atom is -0.508 e. The summed E-state index contributed by atoms with van der Waals surface area (Å²) in [7, 11) is 0. The van der Waals surface area contributed by atoms with Gasteiger partial charge >= 0.3 is 6.03 Å². The standard InChI is InChI=1S/C19H26N2O2/c1-14-4-2-3-5-18(14)20-19(23)21-12-10-16(11-13-21)15-6-8-17(22)9-7-15/h6-10,14,18,22H,2-5,11-13H2,1H3,(H,20,23). The lowest BCUT2D eigenvalue weighted by Crippen LogP contribution is -2.49. The summed E-state index contributed by atoms with van der Waals surface area (Å²) in [4.78, 5) is 14.3. The number of urea groups is 1. The number of hydrogen-bond donors (Lipinski definition) is 2. The Morgan fingerprint density at radius 1 is 1.22 bits per heavy atom. The lowest BCUT2D eigenvalue weighted by molar-refractivity contribution is 0.187. The van der Waals surface area contributed by atoms with Gasteiger partial charge in [0.25, 0.3) is 0 Å². The molecule has 2 aliphatic rings. The van der Waals surface area contributed by atoms with Crippen molar-refractivity contribution < 1.29 is 9.90 Å². The molecule has 0 spiro atoms. The Labute approximate surface area is 138 Å². The van der Waals surface area contributed by atoms with Gasteiger partial charge in [0.2, 0.25) is 0 Å². The first-order valence-electron chi connectivity index (χ1n) is 8.67. The molecule has 1 aromatic carbocycles. The highest BCUT2D eigenvalue weighted by Gasteiger charge is 2.25. The first kappa shape index (κ1) is 15.9. The Morgan fingerprint density at radius 3 is 2.61 bits per heavy atom. The minimum atomic E-state index is 0.0738. The van der Waals surface area contributed by atoms with E-state index in [-0.39, 0.29) is 11.8 Å². The van der Waals surface area contributed by atoms with Crippen LogP contribution >= 0.6 is 0 Å². The van der Waals surface area contributed by atoms with Gasteiger partial charge < -0.3 is 15.3 Å². The van der Waals surface area contributed by atoms with Crippen LogP contribution in [0, 0.1) is 5.92 Å². The van der Waals surface area contributed by atoms with Crippen LogP contribution in [-0.2, 0) is 0 Å². The summed E-state index contributed by atoms with van der Waals surface area (Å²) in [5, 5.41) is 12.6. The second-order valence-corrected chi connectivity index (χ2v) is 6.79. The van der Waals surface area contributed by atoms with E-state index in [9.17, 15) is 9.90 Å². The lowest BCUT2D eigenvalue weighted by Gasteiger charge is -2.33. The Hall–Kier alpha value is -1.97. The van der Waals surface area contributed by atoms with Crippen LogP contribution in [0.3, 0.4) is 0 Å². The molecule has 4 heteroatoms. The number of carbonyl (C=O) groups is 1. The largest absolute Gasteiger partial charge is 0.508 e. The van der Waals surface area contributed by atoms with Crippen molar-refractivity contribution in [3.63, 3.8) is 0 Å². The van der Waals surface area contributed by atoms with Gasteiger partial charge in [-0.15, -0.1) is 0 Å². The maximum atomic E-state index is 12.5. The van der Waals surface area contributed by atoms with Crippen molar-refractivity contribution in [2.75, 3.05) is 13.1 Å². The molecule has 1 fully saturated rings. The van der Waals surface area contributed by atoms with Gasteiger partial charge in [-0.3, -0.25) is 0 Å². The number of phenols is 1. The normalized spacial score (nSPS) is 24.9. The van der Waals surface area contributed by atoms with E-state index in [0.29, 0.717) is 18.5 Å². The lowest BCUT2D eigenvalue weighted by atomic mass is 9.86. The molecule has 23 heavy (non-hydrogen) atoms. The van der Waals surface area contributed by atoms with Crippen molar-refractivity contribution in [1.82, 2.24) is 10.2 Å². The summed E-state index contributed by atoms with van der Waals surface area (Å²) in [6.07, 6.45) is 7.82. The van der Waals surface area contributed by atoms with Crippen molar-refractivity contribution in [3.8, 4) is 5.75 Å².